The number of carbonyl (C=O) groups excluding carboxylic acids is 2. The van der Waals surface area contributed by atoms with Crippen molar-refractivity contribution in [3.05, 3.63) is 0 Å². The van der Waals surface area contributed by atoms with E-state index in [-0.39, 0.29) is 48.1 Å². The predicted octanol–water partition coefficient (Wildman–Crippen LogP) is 3.13. The number of amides is 2. The van der Waals surface area contributed by atoms with Gasteiger partial charge in [0.05, 0.1) is 23.8 Å². The van der Waals surface area contributed by atoms with E-state index < -0.39 is 24.0 Å². The van der Waals surface area contributed by atoms with Crippen LogP contribution >= 0.6 is 0 Å². The predicted molar refractivity (Wildman–Crippen MR) is 137 cm³/mol. The van der Waals surface area contributed by atoms with Crippen LogP contribution < -0.4 is 5.32 Å². The van der Waals surface area contributed by atoms with Gasteiger partial charge >= 0.3 is 0 Å². The van der Waals surface area contributed by atoms with Gasteiger partial charge < -0.3 is 24.8 Å². The van der Waals surface area contributed by atoms with Gasteiger partial charge in [-0.1, -0.05) is 48.0 Å². The Kier molecular flexibility index (Phi) is 13.9. The van der Waals surface area contributed by atoms with Gasteiger partial charge in [-0.3, -0.25) is 14.5 Å². The maximum atomic E-state index is 13.7. The van der Waals surface area contributed by atoms with Crippen LogP contribution in [0.15, 0.2) is 0 Å². The number of aliphatic hydroxyl groups is 1. The third kappa shape index (κ3) is 10.2. The topological polar surface area (TPSA) is 91.3 Å². The number of aliphatic hydroxyl groups excluding tert-OH is 1. The summed E-state index contributed by atoms with van der Waals surface area (Å²) in [6.45, 7) is 17.6. The zero-order valence-corrected chi connectivity index (χ0v) is 24.0. The third-order valence-corrected chi connectivity index (χ3v) is 6.32. The molecule has 6 atom stereocenters. The number of hydrogen-bond donors (Lipinski definition) is 2. The van der Waals surface area contributed by atoms with E-state index >= 15 is 0 Å². The first-order valence-electron chi connectivity index (χ1n) is 12.6. The molecule has 0 spiro atoms. The number of nitrogens with zero attached hydrogens (tertiary/aromatic N) is 2. The van der Waals surface area contributed by atoms with Gasteiger partial charge in [-0.25, -0.2) is 0 Å². The molecule has 0 aliphatic carbocycles. The largest absolute Gasteiger partial charge is 0.379 e. The van der Waals surface area contributed by atoms with Crippen LogP contribution in [-0.4, -0.2) is 91.1 Å². The summed E-state index contributed by atoms with van der Waals surface area (Å²) in [7, 11) is 7.09. The lowest BCUT2D eigenvalue weighted by atomic mass is 9.89. The number of rotatable bonds is 14. The van der Waals surface area contributed by atoms with Crippen LogP contribution in [0, 0.1) is 17.8 Å². The highest BCUT2D eigenvalue weighted by atomic mass is 16.6. The SMILES string of the molecule is CCC(C)C(C(CC(O)OC(C)(C)C)OC)N(C)C(=O)[C@@H](NC(=O)C(C(C)C)N(C)C)C(C)C. The summed E-state index contributed by atoms with van der Waals surface area (Å²) in [4.78, 5) is 30.4. The van der Waals surface area contributed by atoms with Crippen LogP contribution in [0.5, 0.6) is 0 Å². The van der Waals surface area contributed by atoms with Gasteiger partial charge in [0.25, 0.3) is 0 Å². The Morgan fingerprint density at radius 2 is 1.53 bits per heavy atom. The second kappa shape index (κ2) is 14.4. The second-order valence-corrected chi connectivity index (χ2v) is 11.4. The Balaban J connectivity index is 5.88. The summed E-state index contributed by atoms with van der Waals surface area (Å²) < 4.78 is 11.5. The molecule has 0 aliphatic heterocycles. The van der Waals surface area contributed by atoms with Crippen molar-refractivity contribution in [2.45, 2.75) is 111 Å². The Bertz CT molecular complexity index is 610. The van der Waals surface area contributed by atoms with Crippen molar-refractivity contribution in [1.82, 2.24) is 15.1 Å². The molecule has 0 radical (unpaired) electrons. The number of ether oxygens (including phenoxy) is 2. The van der Waals surface area contributed by atoms with Crippen LogP contribution in [0.25, 0.3) is 0 Å². The average Bonchev–Trinajstić information content (AvgIpc) is 2.68. The molecule has 0 heterocycles. The Labute approximate surface area is 208 Å². The smallest absolute Gasteiger partial charge is 0.245 e. The van der Waals surface area contributed by atoms with E-state index in [9.17, 15) is 14.7 Å². The highest BCUT2D eigenvalue weighted by Crippen LogP contribution is 2.25. The molecule has 0 fully saturated rings. The molecule has 0 aliphatic rings. The van der Waals surface area contributed by atoms with Crippen molar-refractivity contribution in [1.29, 1.82) is 0 Å². The molecular weight excluding hydrogens is 434 g/mol. The van der Waals surface area contributed by atoms with Crippen molar-refractivity contribution < 1.29 is 24.2 Å². The van der Waals surface area contributed by atoms with Crippen LogP contribution in [0.3, 0.4) is 0 Å². The first kappa shape index (κ1) is 32.8. The molecule has 0 aromatic rings. The fourth-order valence-electron chi connectivity index (χ4n) is 4.52. The Morgan fingerprint density at radius 1 is 1.00 bits per heavy atom. The number of methoxy groups -OCH3 is 1. The molecule has 0 saturated heterocycles. The molecule has 2 amide bonds. The van der Waals surface area contributed by atoms with E-state index in [1.807, 2.05) is 67.5 Å². The summed E-state index contributed by atoms with van der Waals surface area (Å²) >= 11 is 0. The standard InChI is InChI=1S/C26H53N3O5/c1-14-18(6)23(19(33-13)15-20(30)34-26(7,8)9)29(12)25(32)21(16(2)3)27-24(31)22(17(4)5)28(10)11/h16-23,30H,14-15H2,1-13H3,(H,27,31)/t18?,19?,20?,21-,22?,23?/m0/s1. The zero-order chi connectivity index (χ0) is 27.0. The van der Waals surface area contributed by atoms with Gasteiger partial charge in [0, 0.05) is 20.6 Å². The summed E-state index contributed by atoms with van der Waals surface area (Å²) in [6, 6.07) is -1.30. The molecule has 202 valence electrons. The maximum absolute atomic E-state index is 13.7. The molecule has 0 saturated carbocycles. The summed E-state index contributed by atoms with van der Waals surface area (Å²) in [5, 5.41) is 13.5. The maximum Gasteiger partial charge on any atom is 0.245 e. The first-order valence-corrected chi connectivity index (χ1v) is 12.6. The monoisotopic (exact) mass is 487 g/mol. The molecule has 8 heteroatoms. The first-order chi connectivity index (χ1) is 15.5. The normalized spacial score (nSPS) is 17.9. The third-order valence-electron chi connectivity index (χ3n) is 6.32. The van der Waals surface area contributed by atoms with Crippen molar-refractivity contribution in [3.8, 4) is 0 Å². The molecule has 8 nitrogen and oxygen atoms in total. The fraction of sp³-hybridized carbons (Fsp3) is 0.923. The molecule has 34 heavy (non-hydrogen) atoms. The van der Waals surface area contributed by atoms with E-state index in [1.54, 1.807) is 19.1 Å². The Morgan fingerprint density at radius 3 is 1.88 bits per heavy atom. The van der Waals surface area contributed by atoms with Gasteiger partial charge in [0.15, 0.2) is 6.29 Å². The highest BCUT2D eigenvalue weighted by molar-refractivity contribution is 5.90. The summed E-state index contributed by atoms with van der Waals surface area (Å²) in [5.41, 5.74) is -0.502. The van der Waals surface area contributed by atoms with Crippen molar-refractivity contribution in [3.63, 3.8) is 0 Å². The fourth-order valence-corrected chi connectivity index (χ4v) is 4.52. The minimum Gasteiger partial charge on any atom is -0.379 e. The highest BCUT2D eigenvalue weighted by Gasteiger charge is 2.39. The van der Waals surface area contributed by atoms with Crippen molar-refractivity contribution in [2.24, 2.45) is 17.8 Å². The molecular formula is C26H53N3O5. The summed E-state index contributed by atoms with van der Waals surface area (Å²) in [6.07, 6.45) is -0.398. The Hall–Kier alpha value is -1.22. The lowest BCUT2D eigenvalue weighted by Crippen LogP contribution is -2.59. The lowest BCUT2D eigenvalue weighted by Gasteiger charge is -2.41. The van der Waals surface area contributed by atoms with Crippen molar-refractivity contribution in [2.75, 3.05) is 28.3 Å². The quantitative estimate of drug-likeness (QED) is 0.366. The van der Waals surface area contributed by atoms with Gasteiger partial charge in [-0.05, 0) is 52.6 Å². The van der Waals surface area contributed by atoms with E-state index in [0.29, 0.717) is 0 Å². The van der Waals surface area contributed by atoms with Crippen LogP contribution in [-0.2, 0) is 19.1 Å². The molecule has 0 aromatic heterocycles. The average molecular weight is 488 g/mol. The number of likely N-dealkylation sites (N-methyl/N-ethyl adjacent to an activating group) is 2. The van der Waals surface area contributed by atoms with Crippen LogP contribution in [0.2, 0.25) is 0 Å². The van der Waals surface area contributed by atoms with Gasteiger partial charge in [-0.2, -0.15) is 0 Å². The number of nitrogens with one attached hydrogen (secondary N) is 1. The minimum absolute atomic E-state index is 0.0951. The molecule has 2 N–H and O–H groups in total. The number of carbonyl (C=O) groups is 2. The number of hydrogen-bond acceptors (Lipinski definition) is 6. The van der Waals surface area contributed by atoms with E-state index in [0.717, 1.165) is 6.42 Å². The van der Waals surface area contributed by atoms with Gasteiger partial charge in [-0.15, -0.1) is 0 Å². The molecule has 0 bridgehead atoms. The van der Waals surface area contributed by atoms with E-state index in [2.05, 4.69) is 19.2 Å². The van der Waals surface area contributed by atoms with Crippen molar-refractivity contribution >= 4 is 11.8 Å². The van der Waals surface area contributed by atoms with E-state index in [4.69, 9.17) is 9.47 Å². The lowest BCUT2D eigenvalue weighted by molar-refractivity contribution is -0.187. The molecule has 0 aromatic carbocycles. The van der Waals surface area contributed by atoms with Gasteiger partial charge in [0.2, 0.25) is 11.8 Å². The van der Waals surface area contributed by atoms with Gasteiger partial charge in [0.1, 0.15) is 6.04 Å². The summed E-state index contributed by atoms with van der Waals surface area (Å²) in [5.74, 6) is -0.205. The van der Waals surface area contributed by atoms with Crippen LogP contribution in [0.4, 0.5) is 0 Å². The minimum atomic E-state index is -1.02. The molecule has 0 rings (SSSR count). The van der Waals surface area contributed by atoms with E-state index in [1.165, 1.54) is 0 Å². The molecule has 5 unspecified atom stereocenters. The second-order valence-electron chi connectivity index (χ2n) is 11.4. The van der Waals surface area contributed by atoms with Crippen LogP contribution in [0.1, 0.15) is 75.2 Å². The zero-order valence-electron chi connectivity index (χ0n) is 24.0.